The molecule has 120 valence electrons. The van der Waals surface area contributed by atoms with Gasteiger partial charge in [0, 0.05) is 9.50 Å². The van der Waals surface area contributed by atoms with Crippen LogP contribution in [0.15, 0.2) is 45.3 Å². The lowest BCUT2D eigenvalue weighted by atomic mass is 9.75. The Labute approximate surface area is 155 Å². The predicted molar refractivity (Wildman–Crippen MR) is 96.3 cm³/mol. The number of Topliss-reactive ketones (excluding diaryl/α,β-unsaturated/α-hetero) is 1. The average Bonchev–Trinajstić information content (AvgIpc) is 2.53. The van der Waals surface area contributed by atoms with E-state index in [1.807, 2.05) is 18.2 Å². The molecular formula is C17H13Br2ClO3. The van der Waals surface area contributed by atoms with E-state index in [2.05, 4.69) is 31.9 Å². The third-order valence-electron chi connectivity index (χ3n) is 3.99. The summed E-state index contributed by atoms with van der Waals surface area (Å²) in [5, 5.41) is 10.6. The van der Waals surface area contributed by atoms with Crippen molar-refractivity contribution in [1.29, 1.82) is 0 Å². The maximum atomic E-state index is 13.0. The largest absolute Gasteiger partial charge is 0.490 e. The summed E-state index contributed by atoms with van der Waals surface area (Å²) in [5.74, 6) is 0.414. The Morgan fingerprint density at radius 1 is 1.22 bits per heavy atom. The molecule has 0 saturated carbocycles. The van der Waals surface area contributed by atoms with Crippen molar-refractivity contribution in [2.75, 3.05) is 13.2 Å². The molecule has 1 atom stereocenters. The van der Waals surface area contributed by atoms with Crippen LogP contribution in [0.5, 0.6) is 5.75 Å². The topological polar surface area (TPSA) is 46.5 Å². The van der Waals surface area contributed by atoms with Crippen molar-refractivity contribution < 1.29 is 14.6 Å². The number of halogens is 3. The fraction of sp³-hybridized carbons (Fsp3) is 0.235. The predicted octanol–water partition coefficient (Wildman–Crippen LogP) is 4.66. The lowest BCUT2D eigenvalue weighted by Gasteiger charge is -2.35. The van der Waals surface area contributed by atoms with Crippen molar-refractivity contribution in [2.45, 2.75) is 6.42 Å². The van der Waals surface area contributed by atoms with E-state index in [-0.39, 0.29) is 19.0 Å². The molecule has 0 saturated heterocycles. The van der Waals surface area contributed by atoms with Crippen LogP contribution in [0, 0.1) is 5.41 Å². The summed E-state index contributed by atoms with van der Waals surface area (Å²) in [7, 11) is 0. The zero-order valence-corrected chi connectivity index (χ0v) is 15.9. The van der Waals surface area contributed by atoms with Gasteiger partial charge in [0.2, 0.25) is 0 Å². The molecule has 1 N–H and O–H groups in total. The van der Waals surface area contributed by atoms with Crippen LogP contribution in [0.4, 0.5) is 0 Å². The summed E-state index contributed by atoms with van der Waals surface area (Å²) in [5.41, 5.74) is 0.416. The van der Waals surface area contributed by atoms with E-state index >= 15 is 0 Å². The molecule has 0 spiro atoms. The van der Waals surface area contributed by atoms with Gasteiger partial charge in [-0.1, -0.05) is 39.7 Å². The second-order valence-electron chi connectivity index (χ2n) is 5.62. The molecule has 1 aliphatic heterocycles. The van der Waals surface area contributed by atoms with Crippen molar-refractivity contribution >= 4 is 49.2 Å². The fourth-order valence-electron chi connectivity index (χ4n) is 2.73. The minimum Gasteiger partial charge on any atom is -0.490 e. The Bertz CT molecular complexity index is 761. The molecule has 0 fully saturated rings. The highest BCUT2D eigenvalue weighted by atomic mass is 79.9. The number of aliphatic hydroxyl groups is 1. The highest BCUT2D eigenvalue weighted by Gasteiger charge is 2.44. The minimum atomic E-state index is -0.985. The first-order chi connectivity index (χ1) is 10.9. The Kier molecular flexibility index (Phi) is 4.83. The van der Waals surface area contributed by atoms with E-state index in [1.54, 1.807) is 18.2 Å². The molecule has 3 rings (SSSR count). The maximum absolute atomic E-state index is 13.0. The lowest BCUT2D eigenvalue weighted by Crippen LogP contribution is -2.45. The fourth-order valence-corrected chi connectivity index (χ4v) is 4.20. The Morgan fingerprint density at radius 3 is 2.57 bits per heavy atom. The molecule has 6 heteroatoms. The summed E-state index contributed by atoms with van der Waals surface area (Å²) < 4.78 is 7.30. The van der Waals surface area contributed by atoms with Gasteiger partial charge < -0.3 is 9.84 Å². The molecule has 1 unspecified atom stereocenters. The summed E-state index contributed by atoms with van der Waals surface area (Å²) in [4.78, 5) is 13.0. The second kappa shape index (κ2) is 6.55. The van der Waals surface area contributed by atoms with Crippen LogP contribution in [0.3, 0.4) is 0 Å². The molecule has 3 nitrogen and oxygen atoms in total. The quantitative estimate of drug-likeness (QED) is 0.725. The van der Waals surface area contributed by atoms with Crippen LogP contribution in [0.1, 0.15) is 15.9 Å². The number of rotatable bonds is 3. The first-order valence-corrected chi connectivity index (χ1v) is 8.93. The lowest BCUT2D eigenvalue weighted by molar-refractivity contribution is 0.0380. The zero-order chi connectivity index (χ0) is 16.6. The van der Waals surface area contributed by atoms with Gasteiger partial charge in [-0.2, -0.15) is 0 Å². The van der Waals surface area contributed by atoms with E-state index in [1.165, 1.54) is 0 Å². The number of ether oxygens (including phenoxy) is 1. The van der Waals surface area contributed by atoms with E-state index in [0.717, 1.165) is 10.0 Å². The monoisotopic (exact) mass is 458 g/mol. The number of benzene rings is 2. The molecule has 1 aliphatic rings. The molecule has 0 aromatic heterocycles. The van der Waals surface area contributed by atoms with Crippen molar-refractivity contribution in [2.24, 2.45) is 5.41 Å². The van der Waals surface area contributed by atoms with Crippen LogP contribution in [0.25, 0.3) is 0 Å². The van der Waals surface area contributed by atoms with Gasteiger partial charge >= 0.3 is 0 Å². The number of ketones is 1. The second-order valence-corrected chi connectivity index (χ2v) is 7.83. The van der Waals surface area contributed by atoms with Crippen LogP contribution in [-0.4, -0.2) is 24.1 Å². The van der Waals surface area contributed by atoms with Crippen molar-refractivity contribution in [1.82, 2.24) is 0 Å². The first-order valence-electron chi connectivity index (χ1n) is 6.97. The van der Waals surface area contributed by atoms with Gasteiger partial charge in [-0.05, 0) is 52.2 Å². The normalized spacial score (nSPS) is 20.1. The molecule has 23 heavy (non-hydrogen) atoms. The van der Waals surface area contributed by atoms with E-state index in [0.29, 0.717) is 27.2 Å². The van der Waals surface area contributed by atoms with Crippen LogP contribution < -0.4 is 4.74 Å². The maximum Gasteiger partial charge on any atom is 0.178 e. The van der Waals surface area contributed by atoms with Crippen LogP contribution in [-0.2, 0) is 6.42 Å². The zero-order valence-electron chi connectivity index (χ0n) is 12.0. The molecule has 2 aromatic carbocycles. The van der Waals surface area contributed by atoms with Crippen LogP contribution >= 0.6 is 43.5 Å². The van der Waals surface area contributed by atoms with E-state index in [4.69, 9.17) is 16.3 Å². The Hall–Kier alpha value is -0.880. The van der Waals surface area contributed by atoms with Gasteiger partial charge in [-0.15, -0.1) is 0 Å². The molecule has 1 heterocycles. The number of fused-ring (bicyclic) bond motifs is 1. The standard InChI is InChI=1S/C17H13Br2ClO3/c18-11-5-13-15(14(19)6-11)23-9-17(8-21,16(13)22)7-10-1-3-12(20)4-2-10/h1-6,21H,7-9H2. The minimum absolute atomic E-state index is 0.113. The van der Waals surface area contributed by atoms with Gasteiger partial charge in [-0.3, -0.25) is 4.79 Å². The van der Waals surface area contributed by atoms with Crippen molar-refractivity contribution in [3.8, 4) is 5.75 Å². The third-order valence-corrected chi connectivity index (χ3v) is 5.28. The van der Waals surface area contributed by atoms with Crippen molar-refractivity contribution in [3.63, 3.8) is 0 Å². The average molecular weight is 461 g/mol. The van der Waals surface area contributed by atoms with Gasteiger partial charge in [0.15, 0.2) is 5.78 Å². The summed E-state index contributed by atoms with van der Waals surface area (Å²) in [6.45, 7) is -0.143. The number of carbonyl (C=O) groups excluding carboxylic acids is 1. The third kappa shape index (κ3) is 3.20. The van der Waals surface area contributed by atoms with Gasteiger partial charge in [-0.25, -0.2) is 0 Å². The summed E-state index contributed by atoms with van der Waals surface area (Å²) in [6.07, 6.45) is 0.392. The molecule has 0 amide bonds. The Morgan fingerprint density at radius 2 is 1.91 bits per heavy atom. The number of hydrogen-bond acceptors (Lipinski definition) is 3. The molecule has 2 aromatic rings. The highest BCUT2D eigenvalue weighted by molar-refractivity contribution is 9.11. The van der Waals surface area contributed by atoms with Crippen molar-refractivity contribution in [3.05, 3.63) is 61.5 Å². The molecule has 0 radical (unpaired) electrons. The summed E-state index contributed by atoms with van der Waals surface area (Å²) in [6, 6.07) is 10.8. The molecule has 0 bridgehead atoms. The van der Waals surface area contributed by atoms with Gasteiger partial charge in [0.1, 0.15) is 12.4 Å². The number of hydrogen-bond donors (Lipinski definition) is 1. The number of carbonyl (C=O) groups is 1. The SMILES string of the molecule is O=C1c2cc(Br)cc(Br)c2OCC1(CO)Cc1ccc(Cl)cc1. The summed E-state index contributed by atoms with van der Waals surface area (Å²) >= 11 is 12.7. The van der Waals surface area contributed by atoms with E-state index < -0.39 is 5.41 Å². The molecular weight excluding hydrogens is 447 g/mol. The van der Waals surface area contributed by atoms with Gasteiger partial charge in [0.25, 0.3) is 0 Å². The van der Waals surface area contributed by atoms with E-state index in [9.17, 15) is 9.90 Å². The highest BCUT2D eigenvalue weighted by Crippen LogP contribution is 2.42. The molecule has 0 aliphatic carbocycles. The Balaban J connectivity index is 2.00. The smallest absolute Gasteiger partial charge is 0.178 e. The first kappa shape index (κ1) is 17.0. The van der Waals surface area contributed by atoms with Gasteiger partial charge in [0.05, 0.1) is 22.1 Å². The van der Waals surface area contributed by atoms with Crippen LogP contribution in [0.2, 0.25) is 5.02 Å². The number of aliphatic hydroxyl groups excluding tert-OH is 1.